The molecule has 0 atom stereocenters. The molecular weight excluding hydrogens is 239 g/mol. The zero-order valence-electron chi connectivity index (χ0n) is 7.83. The molecule has 1 aromatic rings. The van der Waals surface area contributed by atoms with Crippen molar-refractivity contribution in [1.82, 2.24) is 0 Å². The molecule has 0 radical (unpaired) electrons. The molecule has 0 saturated carbocycles. The van der Waals surface area contributed by atoms with Crippen LogP contribution >= 0.6 is 23.2 Å². The van der Waals surface area contributed by atoms with Crippen molar-refractivity contribution in [3.8, 4) is 0 Å². The van der Waals surface area contributed by atoms with E-state index < -0.39 is 11.8 Å². The summed E-state index contributed by atoms with van der Waals surface area (Å²) in [6.45, 7) is 0. The van der Waals surface area contributed by atoms with Crippen LogP contribution in [0.25, 0.3) is 0 Å². The molecule has 1 aromatic carbocycles. The van der Waals surface area contributed by atoms with E-state index in [0.717, 1.165) is 4.90 Å². The van der Waals surface area contributed by atoms with Crippen LogP contribution in [-0.4, -0.2) is 18.9 Å². The summed E-state index contributed by atoms with van der Waals surface area (Å²) >= 11 is 11.5. The van der Waals surface area contributed by atoms with Crippen LogP contribution in [0.4, 0.5) is 5.69 Å². The van der Waals surface area contributed by atoms with E-state index in [9.17, 15) is 9.59 Å². The predicted molar refractivity (Wildman–Crippen MR) is 59.1 cm³/mol. The largest absolute Gasteiger partial charge is 0.361 e. The first-order chi connectivity index (χ1) is 6.93. The Balaban J connectivity index is 3.02. The Kier molecular flexibility index (Phi) is 3.55. The molecule has 0 heterocycles. The first-order valence-electron chi connectivity index (χ1n) is 3.96. The quantitative estimate of drug-likeness (QED) is 0.763. The number of hydrogen-bond donors (Lipinski definition) is 1. The summed E-state index contributed by atoms with van der Waals surface area (Å²) in [5, 5.41) is 0.679. The molecule has 0 aromatic heterocycles. The normalized spacial score (nSPS) is 9.80. The van der Waals surface area contributed by atoms with Crippen LogP contribution in [0.1, 0.15) is 0 Å². The second-order valence-corrected chi connectivity index (χ2v) is 3.64. The number of primary amides is 1. The minimum atomic E-state index is -1.02. The molecule has 0 bridgehead atoms. The Morgan fingerprint density at radius 2 is 1.87 bits per heavy atom. The van der Waals surface area contributed by atoms with E-state index in [1.54, 1.807) is 6.07 Å². The van der Waals surface area contributed by atoms with Gasteiger partial charge in [0, 0.05) is 12.7 Å². The number of carbonyl (C=O) groups is 2. The molecule has 15 heavy (non-hydrogen) atoms. The van der Waals surface area contributed by atoms with Gasteiger partial charge in [0.05, 0.1) is 10.0 Å². The van der Waals surface area contributed by atoms with Gasteiger partial charge in [-0.05, 0) is 18.2 Å². The second-order valence-electron chi connectivity index (χ2n) is 2.83. The first-order valence-corrected chi connectivity index (χ1v) is 4.71. The number of benzene rings is 1. The van der Waals surface area contributed by atoms with Crippen molar-refractivity contribution in [2.45, 2.75) is 0 Å². The van der Waals surface area contributed by atoms with Crippen LogP contribution < -0.4 is 10.6 Å². The minimum absolute atomic E-state index is 0.304. The maximum absolute atomic E-state index is 11.2. The van der Waals surface area contributed by atoms with Gasteiger partial charge >= 0.3 is 11.8 Å². The predicted octanol–water partition coefficient (Wildman–Crippen LogP) is 1.44. The Bertz CT molecular complexity index is 421. The molecule has 0 unspecified atom stereocenters. The molecule has 0 aliphatic heterocycles. The van der Waals surface area contributed by atoms with Gasteiger partial charge in [0.25, 0.3) is 0 Å². The summed E-state index contributed by atoms with van der Waals surface area (Å²) in [4.78, 5) is 23.0. The Labute approximate surface area is 96.6 Å². The topological polar surface area (TPSA) is 63.4 Å². The van der Waals surface area contributed by atoms with Crippen molar-refractivity contribution >= 4 is 40.7 Å². The van der Waals surface area contributed by atoms with Crippen molar-refractivity contribution in [1.29, 1.82) is 0 Å². The van der Waals surface area contributed by atoms with Crippen molar-refractivity contribution in [3.05, 3.63) is 28.2 Å². The number of anilines is 1. The molecule has 1 rings (SSSR count). The van der Waals surface area contributed by atoms with Crippen molar-refractivity contribution in [3.63, 3.8) is 0 Å². The third-order valence-electron chi connectivity index (χ3n) is 1.81. The summed E-state index contributed by atoms with van der Waals surface area (Å²) in [7, 11) is 1.42. The smallest absolute Gasteiger partial charge is 0.315 e. The van der Waals surface area contributed by atoms with Gasteiger partial charge in [-0.1, -0.05) is 23.2 Å². The number of rotatable bonds is 1. The van der Waals surface area contributed by atoms with Gasteiger partial charge in [0.1, 0.15) is 0 Å². The monoisotopic (exact) mass is 246 g/mol. The number of nitrogens with two attached hydrogens (primary N) is 1. The number of hydrogen-bond acceptors (Lipinski definition) is 2. The van der Waals surface area contributed by atoms with Crippen molar-refractivity contribution in [2.75, 3.05) is 11.9 Å². The number of amides is 2. The molecule has 0 fully saturated rings. The summed E-state index contributed by atoms with van der Waals surface area (Å²) < 4.78 is 0. The fourth-order valence-electron chi connectivity index (χ4n) is 0.976. The Morgan fingerprint density at radius 1 is 1.27 bits per heavy atom. The van der Waals surface area contributed by atoms with E-state index in [4.69, 9.17) is 28.9 Å². The third kappa shape index (κ3) is 2.61. The molecule has 0 saturated heterocycles. The van der Waals surface area contributed by atoms with Gasteiger partial charge < -0.3 is 10.6 Å². The van der Waals surface area contributed by atoms with Crippen LogP contribution in [0.5, 0.6) is 0 Å². The van der Waals surface area contributed by atoms with Gasteiger partial charge in [-0.3, -0.25) is 9.59 Å². The summed E-state index contributed by atoms with van der Waals surface area (Å²) in [6.07, 6.45) is 0. The van der Waals surface area contributed by atoms with E-state index in [-0.39, 0.29) is 0 Å². The van der Waals surface area contributed by atoms with E-state index in [1.807, 2.05) is 0 Å². The average molecular weight is 247 g/mol. The molecule has 0 aliphatic rings. The van der Waals surface area contributed by atoms with Gasteiger partial charge in [0.15, 0.2) is 0 Å². The molecule has 2 N–H and O–H groups in total. The molecule has 80 valence electrons. The molecule has 0 aliphatic carbocycles. The van der Waals surface area contributed by atoms with Gasteiger partial charge in [-0.15, -0.1) is 0 Å². The lowest BCUT2D eigenvalue weighted by molar-refractivity contribution is -0.135. The highest BCUT2D eigenvalue weighted by Gasteiger charge is 2.16. The number of nitrogens with zero attached hydrogens (tertiary/aromatic N) is 1. The highest BCUT2D eigenvalue weighted by atomic mass is 35.5. The van der Waals surface area contributed by atoms with Crippen LogP contribution in [0.2, 0.25) is 10.0 Å². The van der Waals surface area contributed by atoms with E-state index >= 15 is 0 Å². The molecule has 4 nitrogen and oxygen atoms in total. The van der Waals surface area contributed by atoms with Crippen molar-refractivity contribution in [2.24, 2.45) is 5.73 Å². The third-order valence-corrected chi connectivity index (χ3v) is 2.54. The second kappa shape index (κ2) is 4.51. The van der Waals surface area contributed by atoms with Gasteiger partial charge in [-0.25, -0.2) is 0 Å². The summed E-state index contributed by atoms with van der Waals surface area (Å²) in [5.74, 6) is -1.84. The summed E-state index contributed by atoms with van der Waals surface area (Å²) in [5.41, 5.74) is 5.31. The Morgan fingerprint density at radius 3 is 2.33 bits per heavy atom. The lowest BCUT2D eigenvalue weighted by atomic mass is 10.3. The maximum atomic E-state index is 11.2. The number of likely N-dealkylation sites (N-methyl/N-ethyl adjacent to an activating group) is 1. The highest BCUT2D eigenvalue weighted by Crippen LogP contribution is 2.26. The number of halogens is 2. The summed E-state index contributed by atoms with van der Waals surface area (Å²) in [6, 6.07) is 4.57. The fourth-order valence-corrected chi connectivity index (χ4v) is 1.27. The average Bonchev–Trinajstić information content (AvgIpc) is 2.19. The fraction of sp³-hybridized carbons (Fsp3) is 0.111. The standard InChI is InChI=1S/C9H8Cl2N2O2/c1-13(9(15)8(12)14)5-2-3-6(10)7(11)4-5/h2-4H,1H3,(H2,12,14). The molecular formula is C9H8Cl2N2O2. The van der Waals surface area contributed by atoms with Gasteiger partial charge in [0.2, 0.25) is 0 Å². The molecule has 0 spiro atoms. The van der Waals surface area contributed by atoms with Gasteiger partial charge in [-0.2, -0.15) is 0 Å². The van der Waals surface area contributed by atoms with Crippen LogP contribution in [0.15, 0.2) is 18.2 Å². The van der Waals surface area contributed by atoms with E-state index in [1.165, 1.54) is 19.2 Å². The molecule has 2 amide bonds. The zero-order valence-corrected chi connectivity index (χ0v) is 9.34. The van der Waals surface area contributed by atoms with E-state index in [0.29, 0.717) is 15.7 Å². The van der Waals surface area contributed by atoms with Crippen LogP contribution in [0, 0.1) is 0 Å². The van der Waals surface area contributed by atoms with Crippen molar-refractivity contribution < 1.29 is 9.59 Å². The van der Waals surface area contributed by atoms with Crippen LogP contribution in [0.3, 0.4) is 0 Å². The first kappa shape index (κ1) is 11.8. The Hall–Kier alpha value is -1.26. The maximum Gasteiger partial charge on any atom is 0.315 e. The zero-order chi connectivity index (χ0) is 11.6. The molecule has 6 heteroatoms. The van der Waals surface area contributed by atoms with Crippen LogP contribution in [-0.2, 0) is 9.59 Å². The number of carbonyl (C=O) groups excluding carboxylic acids is 2. The SMILES string of the molecule is CN(C(=O)C(N)=O)c1ccc(Cl)c(Cl)c1. The van der Waals surface area contributed by atoms with E-state index in [2.05, 4.69) is 0 Å². The highest BCUT2D eigenvalue weighted by molar-refractivity contribution is 6.43. The lowest BCUT2D eigenvalue weighted by Crippen LogP contribution is -2.37. The minimum Gasteiger partial charge on any atom is -0.361 e. The lowest BCUT2D eigenvalue weighted by Gasteiger charge is -2.15.